The maximum Gasteiger partial charge on any atom is 0.153 e. The lowest BCUT2D eigenvalue weighted by atomic mass is 10.0. The molecule has 0 unspecified atom stereocenters. The van der Waals surface area contributed by atoms with Gasteiger partial charge in [0.2, 0.25) is 0 Å². The third kappa shape index (κ3) is 3.41. The summed E-state index contributed by atoms with van der Waals surface area (Å²) >= 11 is 6.11. The molecule has 0 radical (unpaired) electrons. The monoisotopic (exact) mass is 328 g/mol. The van der Waals surface area contributed by atoms with Crippen molar-refractivity contribution in [2.24, 2.45) is 9.98 Å². The topological polar surface area (TPSA) is 92.4 Å². The molecule has 0 spiro atoms. The Bertz CT molecular complexity index is 826. The van der Waals surface area contributed by atoms with Gasteiger partial charge in [0, 0.05) is 31.6 Å². The average molecular weight is 329 g/mol. The van der Waals surface area contributed by atoms with Crippen molar-refractivity contribution < 1.29 is 0 Å². The maximum absolute atomic E-state index is 8.97. The molecule has 1 aromatic carbocycles. The largest absolute Gasteiger partial charge is 0.382 e. The number of nitrogens with zero attached hydrogens (tertiary/aromatic N) is 5. The van der Waals surface area contributed by atoms with Crippen LogP contribution < -0.4 is 5.73 Å². The molecular formula is C16H17ClN6. The SMILES string of the molecule is CN=CC(Cn1nc(N)c(-c2ccc(C#N)c(Cl)c2)c1C)=NC. The fourth-order valence-corrected chi connectivity index (χ4v) is 2.54. The Morgan fingerprint density at radius 2 is 2.22 bits per heavy atom. The van der Waals surface area contributed by atoms with Gasteiger partial charge >= 0.3 is 0 Å². The molecule has 1 heterocycles. The molecule has 0 fully saturated rings. The van der Waals surface area contributed by atoms with Crippen LogP contribution >= 0.6 is 11.6 Å². The van der Waals surface area contributed by atoms with E-state index in [0.29, 0.717) is 22.9 Å². The van der Waals surface area contributed by atoms with E-state index in [0.717, 1.165) is 22.5 Å². The van der Waals surface area contributed by atoms with E-state index in [1.165, 1.54) is 0 Å². The molecule has 1 aromatic heterocycles. The zero-order valence-corrected chi connectivity index (χ0v) is 14.0. The van der Waals surface area contributed by atoms with Crippen LogP contribution in [0.25, 0.3) is 11.1 Å². The van der Waals surface area contributed by atoms with E-state index in [2.05, 4.69) is 15.1 Å². The third-order valence-electron chi connectivity index (χ3n) is 3.49. The summed E-state index contributed by atoms with van der Waals surface area (Å²) < 4.78 is 1.78. The van der Waals surface area contributed by atoms with E-state index in [1.54, 1.807) is 37.1 Å². The highest BCUT2D eigenvalue weighted by Gasteiger charge is 2.16. The van der Waals surface area contributed by atoms with E-state index >= 15 is 0 Å². The predicted octanol–water partition coefficient (Wildman–Crippen LogP) is 2.74. The second-order valence-corrected chi connectivity index (χ2v) is 5.32. The van der Waals surface area contributed by atoms with Gasteiger partial charge < -0.3 is 5.73 Å². The molecule has 0 saturated heterocycles. The van der Waals surface area contributed by atoms with Crippen LogP contribution in [0.5, 0.6) is 0 Å². The van der Waals surface area contributed by atoms with Crippen molar-refractivity contribution in [2.75, 3.05) is 19.8 Å². The lowest BCUT2D eigenvalue weighted by Gasteiger charge is -2.06. The van der Waals surface area contributed by atoms with E-state index in [-0.39, 0.29) is 0 Å². The molecule has 0 atom stereocenters. The van der Waals surface area contributed by atoms with Gasteiger partial charge in [-0.15, -0.1) is 0 Å². The van der Waals surface area contributed by atoms with E-state index < -0.39 is 0 Å². The molecule has 0 aliphatic rings. The highest BCUT2D eigenvalue weighted by atomic mass is 35.5. The fraction of sp³-hybridized carbons (Fsp3) is 0.250. The van der Waals surface area contributed by atoms with Crippen molar-refractivity contribution in [1.82, 2.24) is 9.78 Å². The van der Waals surface area contributed by atoms with E-state index in [9.17, 15) is 0 Å². The molecule has 2 aromatic rings. The summed E-state index contributed by atoms with van der Waals surface area (Å²) in [6, 6.07) is 7.27. The Morgan fingerprint density at radius 1 is 1.48 bits per heavy atom. The van der Waals surface area contributed by atoms with Gasteiger partial charge in [-0.3, -0.25) is 14.7 Å². The Balaban J connectivity index is 2.46. The summed E-state index contributed by atoms with van der Waals surface area (Å²) in [7, 11) is 3.40. The zero-order chi connectivity index (χ0) is 17.0. The molecule has 0 aliphatic carbocycles. The van der Waals surface area contributed by atoms with Crippen molar-refractivity contribution in [2.45, 2.75) is 13.5 Å². The van der Waals surface area contributed by atoms with Crippen molar-refractivity contribution in [3.05, 3.63) is 34.5 Å². The van der Waals surface area contributed by atoms with Crippen LogP contribution in [0.15, 0.2) is 28.2 Å². The number of nitrogen functional groups attached to an aromatic ring is 1. The van der Waals surface area contributed by atoms with Crippen LogP contribution in [-0.2, 0) is 6.54 Å². The normalized spacial score (nSPS) is 11.9. The Labute approximate surface area is 139 Å². The summed E-state index contributed by atoms with van der Waals surface area (Å²) in [4.78, 5) is 8.15. The van der Waals surface area contributed by atoms with Gasteiger partial charge in [0.15, 0.2) is 5.82 Å². The summed E-state index contributed by atoms with van der Waals surface area (Å²) in [5.74, 6) is 0.409. The average Bonchev–Trinajstić information content (AvgIpc) is 2.80. The summed E-state index contributed by atoms with van der Waals surface area (Å²) in [6.45, 7) is 2.41. The highest BCUT2D eigenvalue weighted by Crippen LogP contribution is 2.32. The first-order valence-electron chi connectivity index (χ1n) is 6.92. The molecule has 0 aliphatic heterocycles. The van der Waals surface area contributed by atoms with Gasteiger partial charge in [0.1, 0.15) is 6.07 Å². The van der Waals surface area contributed by atoms with Gasteiger partial charge in [-0.05, 0) is 24.6 Å². The molecule has 0 saturated carbocycles. The number of aromatic nitrogens is 2. The summed E-state index contributed by atoms with van der Waals surface area (Å²) in [5.41, 5.74) is 9.83. The Morgan fingerprint density at radius 3 is 2.78 bits per heavy atom. The fourth-order valence-electron chi connectivity index (χ4n) is 2.31. The van der Waals surface area contributed by atoms with Crippen LogP contribution in [0, 0.1) is 18.3 Å². The number of benzene rings is 1. The molecule has 0 bridgehead atoms. The number of aliphatic imine (C=N–C) groups is 2. The standard InChI is InChI=1S/C16H17ClN6/c1-10-15(11-4-5-12(7-18)14(17)6-11)16(19)22-23(10)9-13(21-3)8-20-2/h4-6,8H,9H2,1-3H3,(H2,19,22). The van der Waals surface area contributed by atoms with Crippen LogP contribution in [0.3, 0.4) is 0 Å². The lowest BCUT2D eigenvalue weighted by Crippen LogP contribution is -2.14. The van der Waals surface area contributed by atoms with Crippen molar-refractivity contribution in [3.8, 4) is 17.2 Å². The van der Waals surface area contributed by atoms with Gasteiger partial charge in [-0.2, -0.15) is 10.4 Å². The van der Waals surface area contributed by atoms with Crippen LogP contribution in [0.2, 0.25) is 5.02 Å². The Kier molecular flexibility index (Phi) is 5.14. The third-order valence-corrected chi connectivity index (χ3v) is 3.80. The number of hydrogen-bond acceptors (Lipinski definition) is 5. The first-order valence-corrected chi connectivity index (χ1v) is 7.30. The minimum absolute atomic E-state index is 0.394. The minimum atomic E-state index is 0.394. The summed E-state index contributed by atoms with van der Waals surface area (Å²) in [5, 5.41) is 13.7. The molecule has 2 rings (SSSR count). The number of halogens is 1. The summed E-state index contributed by atoms with van der Waals surface area (Å²) in [6.07, 6.45) is 1.69. The predicted molar refractivity (Wildman–Crippen MR) is 94.3 cm³/mol. The molecule has 6 nitrogen and oxygen atoms in total. The molecule has 2 N–H and O–H groups in total. The smallest absolute Gasteiger partial charge is 0.153 e. The van der Waals surface area contributed by atoms with Crippen molar-refractivity contribution in [1.29, 1.82) is 5.26 Å². The van der Waals surface area contributed by atoms with Gasteiger partial charge in [-0.25, -0.2) is 0 Å². The van der Waals surface area contributed by atoms with Crippen molar-refractivity contribution >= 4 is 29.3 Å². The van der Waals surface area contributed by atoms with Gasteiger partial charge in [0.25, 0.3) is 0 Å². The van der Waals surface area contributed by atoms with Crippen LogP contribution in [0.4, 0.5) is 5.82 Å². The molecule has 0 amide bonds. The van der Waals surface area contributed by atoms with Crippen molar-refractivity contribution in [3.63, 3.8) is 0 Å². The first-order chi connectivity index (χ1) is 11.0. The van der Waals surface area contributed by atoms with Crippen LogP contribution in [-0.4, -0.2) is 35.8 Å². The number of nitriles is 1. The molecule has 23 heavy (non-hydrogen) atoms. The quantitative estimate of drug-likeness (QED) is 0.874. The highest BCUT2D eigenvalue weighted by molar-refractivity contribution is 6.32. The second kappa shape index (κ2) is 7.07. The Hall–Kier alpha value is -2.65. The number of hydrogen-bond donors (Lipinski definition) is 1. The lowest BCUT2D eigenvalue weighted by molar-refractivity contribution is 0.706. The van der Waals surface area contributed by atoms with Gasteiger partial charge in [-0.1, -0.05) is 17.7 Å². The first kappa shape index (κ1) is 16.7. The van der Waals surface area contributed by atoms with E-state index in [4.69, 9.17) is 22.6 Å². The van der Waals surface area contributed by atoms with E-state index in [1.807, 2.05) is 19.1 Å². The van der Waals surface area contributed by atoms with Gasteiger partial charge in [0.05, 0.1) is 22.8 Å². The van der Waals surface area contributed by atoms with Crippen LogP contribution in [0.1, 0.15) is 11.3 Å². The number of nitrogens with two attached hydrogens (primary N) is 1. The zero-order valence-electron chi connectivity index (χ0n) is 13.2. The maximum atomic E-state index is 8.97. The molecular weight excluding hydrogens is 312 g/mol. The number of anilines is 1. The number of rotatable bonds is 4. The second-order valence-electron chi connectivity index (χ2n) is 4.91. The minimum Gasteiger partial charge on any atom is -0.382 e. The molecule has 7 heteroatoms. The molecule has 118 valence electrons.